The summed E-state index contributed by atoms with van der Waals surface area (Å²) in [5.74, 6) is 1.04. The lowest BCUT2D eigenvalue weighted by Gasteiger charge is -2.34. The highest BCUT2D eigenvalue weighted by Gasteiger charge is 2.35. The van der Waals surface area contributed by atoms with Crippen molar-refractivity contribution in [2.24, 2.45) is 0 Å². The number of aliphatic hydroxyl groups is 1. The van der Waals surface area contributed by atoms with Gasteiger partial charge in [0.15, 0.2) is 0 Å². The average molecular weight is 348 g/mol. The van der Waals surface area contributed by atoms with E-state index in [2.05, 4.69) is 22.1 Å². The number of aromatic nitrogens is 2. The molecule has 0 unspecified atom stereocenters. The Morgan fingerprint density at radius 3 is 2.80 bits per heavy atom. The van der Waals surface area contributed by atoms with Gasteiger partial charge in [-0.25, -0.2) is 4.98 Å². The fourth-order valence-corrected chi connectivity index (χ4v) is 4.32. The first-order valence-electron chi connectivity index (χ1n) is 9.90. The third-order valence-electron chi connectivity index (χ3n) is 5.73. The van der Waals surface area contributed by atoms with Crippen molar-refractivity contribution in [2.45, 2.75) is 83.0 Å². The van der Waals surface area contributed by atoms with Crippen LogP contribution in [0.4, 0.5) is 0 Å². The van der Waals surface area contributed by atoms with Gasteiger partial charge in [-0.3, -0.25) is 9.69 Å². The Kier molecular flexibility index (Phi) is 6.48. The van der Waals surface area contributed by atoms with E-state index in [0.717, 1.165) is 51.0 Å². The summed E-state index contributed by atoms with van der Waals surface area (Å²) in [5, 5.41) is 14.0. The van der Waals surface area contributed by atoms with Gasteiger partial charge in [-0.2, -0.15) is 0 Å². The number of carbonyl (C=O) groups is 1. The Labute approximate surface area is 150 Å². The highest BCUT2D eigenvalue weighted by Crippen LogP contribution is 2.26. The van der Waals surface area contributed by atoms with Crippen LogP contribution in [0.2, 0.25) is 0 Å². The third-order valence-corrected chi connectivity index (χ3v) is 5.73. The van der Waals surface area contributed by atoms with Crippen molar-refractivity contribution in [1.29, 1.82) is 0 Å². The minimum atomic E-state index is -0.455. The maximum absolute atomic E-state index is 12.4. The molecule has 2 fully saturated rings. The monoisotopic (exact) mass is 348 g/mol. The van der Waals surface area contributed by atoms with Crippen molar-refractivity contribution in [3.8, 4) is 0 Å². The van der Waals surface area contributed by atoms with Crippen LogP contribution in [0.25, 0.3) is 0 Å². The fraction of sp³-hybridized carbons (Fsp3) is 0.789. The number of likely N-dealkylation sites (tertiary alicyclic amines) is 1. The minimum absolute atomic E-state index is 0.0295. The average Bonchev–Trinajstić information content (AvgIpc) is 3.26. The topological polar surface area (TPSA) is 70.4 Å². The molecule has 3 rings (SSSR count). The largest absolute Gasteiger partial charge is 0.389 e. The van der Waals surface area contributed by atoms with Crippen molar-refractivity contribution >= 4 is 5.91 Å². The van der Waals surface area contributed by atoms with Crippen LogP contribution in [-0.2, 0) is 17.8 Å². The van der Waals surface area contributed by atoms with Crippen molar-refractivity contribution in [2.75, 3.05) is 13.1 Å². The smallest absolute Gasteiger partial charge is 0.222 e. The molecule has 25 heavy (non-hydrogen) atoms. The van der Waals surface area contributed by atoms with Crippen molar-refractivity contribution < 1.29 is 9.90 Å². The van der Waals surface area contributed by atoms with Crippen LogP contribution in [0.1, 0.15) is 57.7 Å². The highest BCUT2D eigenvalue weighted by atomic mass is 16.3. The summed E-state index contributed by atoms with van der Waals surface area (Å²) in [6.07, 6.45) is 11.1. The van der Waals surface area contributed by atoms with E-state index in [9.17, 15) is 9.90 Å². The number of nitrogens with zero attached hydrogens (tertiary/aromatic N) is 3. The predicted molar refractivity (Wildman–Crippen MR) is 97.2 cm³/mol. The lowest BCUT2D eigenvalue weighted by Crippen LogP contribution is -2.52. The summed E-state index contributed by atoms with van der Waals surface area (Å²) in [4.78, 5) is 19.1. The molecule has 2 aliphatic rings. The van der Waals surface area contributed by atoms with E-state index < -0.39 is 6.10 Å². The van der Waals surface area contributed by atoms with E-state index in [1.165, 1.54) is 12.8 Å². The van der Waals surface area contributed by atoms with E-state index in [1.54, 1.807) is 6.20 Å². The van der Waals surface area contributed by atoms with Gasteiger partial charge in [0.1, 0.15) is 5.82 Å². The van der Waals surface area contributed by atoms with Crippen LogP contribution in [0.3, 0.4) is 0 Å². The first kappa shape index (κ1) is 18.4. The van der Waals surface area contributed by atoms with Gasteiger partial charge in [0.2, 0.25) is 5.91 Å². The second-order valence-electron chi connectivity index (χ2n) is 7.40. The normalized spacial score (nSPS) is 28.0. The van der Waals surface area contributed by atoms with Gasteiger partial charge in [-0.1, -0.05) is 19.8 Å². The summed E-state index contributed by atoms with van der Waals surface area (Å²) in [6.45, 7) is 4.89. The molecule has 140 valence electrons. The number of imidazole rings is 1. The summed E-state index contributed by atoms with van der Waals surface area (Å²) in [7, 11) is 0. The zero-order valence-corrected chi connectivity index (χ0v) is 15.4. The second-order valence-corrected chi connectivity index (χ2v) is 7.40. The van der Waals surface area contributed by atoms with Crippen LogP contribution in [0, 0.1) is 0 Å². The third kappa shape index (κ3) is 4.61. The molecule has 1 saturated heterocycles. The molecule has 2 heterocycles. The van der Waals surface area contributed by atoms with Gasteiger partial charge in [0, 0.05) is 37.8 Å². The Hall–Kier alpha value is -1.40. The lowest BCUT2D eigenvalue weighted by molar-refractivity contribution is -0.123. The molecular formula is C19H32N4O2. The SMILES string of the molecule is CCc1nccn1CCC(=O)N[C@@H]1CCCC[C@@H](N2CCCC2)[C@@H]1O. The summed E-state index contributed by atoms with van der Waals surface area (Å²) >= 11 is 0. The van der Waals surface area contributed by atoms with E-state index in [1.807, 2.05) is 10.8 Å². The van der Waals surface area contributed by atoms with Crippen molar-refractivity contribution in [3.63, 3.8) is 0 Å². The number of aryl methyl sites for hydroxylation is 2. The Morgan fingerprint density at radius 2 is 2.04 bits per heavy atom. The number of nitrogens with one attached hydrogen (secondary N) is 1. The molecular weight excluding hydrogens is 316 g/mol. The first-order valence-corrected chi connectivity index (χ1v) is 9.90. The molecule has 0 aromatic carbocycles. The molecule has 0 radical (unpaired) electrons. The number of aliphatic hydroxyl groups excluding tert-OH is 1. The maximum Gasteiger partial charge on any atom is 0.222 e. The molecule has 1 amide bonds. The second kappa shape index (κ2) is 8.81. The van der Waals surface area contributed by atoms with E-state index in [-0.39, 0.29) is 18.0 Å². The zero-order valence-electron chi connectivity index (χ0n) is 15.4. The molecule has 6 nitrogen and oxygen atoms in total. The molecule has 1 saturated carbocycles. The molecule has 0 spiro atoms. The van der Waals surface area contributed by atoms with Crippen molar-refractivity contribution in [3.05, 3.63) is 18.2 Å². The molecule has 3 atom stereocenters. The van der Waals surface area contributed by atoms with Crippen LogP contribution in [0.15, 0.2) is 12.4 Å². The lowest BCUT2D eigenvalue weighted by atomic mass is 10.00. The number of carbonyl (C=O) groups excluding carboxylic acids is 1. The van der Waals surface area contributed by atoms with Crippen LogP contribution in [0.5, 0.6) is 0 Å². The summed E-state index contributed by atoms with van der Waals surface area (Å²) in [5.41, 5.74) is 0. The Balaban J connectivity index is 1.53. The molecule has 1 aliphatic carbocycles. The molecule has 1 aromatic heterocycles. The molecule has 0 bridgehead atoms. The molecule has 1 aliphatic heterocycles. The quantitative estimate of drug-likeness (QED) is 0.768. The van der Waals surface area contributed by atoms with Gasteiger partial charge < -0.3 is 15.0 Å². The number of amides is 1. The zero-order chi connectivity index (χ0) is 17.6. The number of rotatable bonds is 6. The van der Waals surface area contributed by atoms with Crippen LogP contribution < -0.4 is 5.32 Å². The molecule has 2 N–H and O–H groups in total. The number of hydrogen-bond acceptors (Lipinski definition) is 4. The van der Waals surface area contributed by atoms with Gasteiger partial charge in [-0.15, -0.1) is 0 Å². The highest BCUT2D eigenvalue weighted by molar-refractivity contribution is 5.76. The van der Waals surface area contributed by atoms with E-state index >= 15 is 0 Å². The summed E-state index contributed by atoms with van der Waals surface area (Å²) < 4.78 is 2.04. The van der Waals surface area contributed by atoms with Gasteiger partial charge in [0.25, 0.3) is 0 Å². The van der Waals surface area contributed by atoms with E-state index in [4.69, 9.17) is 0 Å². The van der Waals surface area contributed by atoms with Crippen LogP contribution >= 0.6 is 0 Å². The minimum Gasteiger partial charge on any atom is -0.389 e. The summed E-state index contributed by atoms with van der Waals surface area (Å²) in [6, 6.07) is 0.0877. The van der Waals surface area contributed by atoms with Crippen LogP contribution in [-0.4, -0.2) is 56.7 Å². The van der Waals surface area contributed by atoms with Gasteiger partial charge >= 0.3 is 0 Å². The Morgan fingerprint density at radius 1 is 1.28 bits per heavy atom. The predicted octanol–water partition coefficient (Wildman–Crippen LogP) is 1.72. The van der Waals surface area contributed by atoms with Crippen molar-refractivity contribution in [1.82, 2.24) is 19.8 Å². The fourth-order valence-electron chi connectivity index (χ4n) is 4.32. The first-order chi connectivity index (χ1) is 12.2. The standard InChI is InChI=1S/C19H32N4O2/c1-2-17-20-10-14-23(17)13-9-18(24)21-15-7-3-4-8-16(19(15)25)22-11-5-6-12-22/h10,14-16,19,25H,2-9,11-13H2,1H3,(H,21,24)/t15-,16-,19-/m1/s1. The molecule has 6 heteroatoms. The van der Waals surface area contributed by atoms with Gasteiger partial charge in [0.05, 0.1) is 12.1 Å². The Bertz CT molecular complexity index is 553. The van der Waals surface area contributed by atoms with E-state index in [0.29, 0.717) is 13.0 Å². The number of hydrogen-bond donors (Lipinski definition) is 2. The molecule has 1 aromatic rings. The van der Waals surface area contributed by atoms with Gasteiger partial charge in [-0.05, 0) is 38.8 Å². The maximum atomic E-state index is 12.4.